The van der Waals surface area contributed by atoms with E-state index in [1.54, 1.807) is 0 Å². The molecule has 4 nitrogen and oxygen atoms in total. The number of halogens is 1. The summed E-state index contributed by atoms with van der Waals surface area (Å²) in [6, 6.07) is 0. The van der Waals surface area contributed by atoms with Gasteiger partial charge in [0.05, 0.1) is 18.4 Å². The van der Waals surface area contributed by atoms with Gasteiger partial charge in [0.25, 0.3) is 0 Å². The van der Waals surface area contributed by atoms with Gasteiger partial charge in [-0.3, -0.25) is 9.59 Å². The third kappa shape index (κ3) is 3.52. The van der Waals surface area contributed by atoms with Crippen LogP contribution in [0.25, 0.3) is 0 Å². The molecule has 0 radical (unpaired) electrons. The van der Waals surface area contributed by atoms with Gasteiger partial charge in [0.1, 0.15) is 0 Å². The number of rotatable bonds is 4. The summed E-state index contributed by atoms with van der Waals surface area (Å²) in [5.41, 5.74) is 0. The normalized spacial score (nSPS) is 24.8. The second-order valence-electron chi connectivity index (χ2n) is 4.07. The summed E-state index contributed by atoms with van der Waals surface area (Å²) in [5, 5.41) is 12.0. The van der Waals surface area contributed by atoms with Crippen LogP contribution in [0.1, 0.15) is 25.7 Å². The van der Waals surface area contributed by atoms with E-state index in [1.165, 1.54) is 0 Å². The van der Waals surface area contributed by atoms with Gasteiger partial charge in [-0.15, -0.1) is 0 Å². The minimum Gasteiger partial charge on any atom is -0.481 e. The molecule has 0 saturated heterocycles. The Kier molecular flexibility index (Phi) is 4.80. The summed E-state index contributed by atoms with van der Waals surface area (Å²) in [7, 11) is 0. The van der Waals surface area contributed by atoms with E-state index in [0.29, 0.717) is 17.9 Å². The molecule has 1 saturated carbocycles. The Morgan fingerprint density at radius 2 is 1.88 bits per heavy atom. The van der Waals surface area contributed by atoms with E-state index in [4.69, 9.17) is 16.7 Å². The van der Waals surface area contributed by atoms with Crippen LogP contribution in [0.2, 0.25) is 0 Å². The van der Waals surface area contributed by atoms with Crippen LogP contribution in [0.3, 0.4) is 0 Å². The summed E-state index contributed by atoms with van der Waals surface area (Å²) >= 11 is 5.53. The van der Waals surface area contributed by atoms with Crippen LogP contribution in [0, 0.1) is 11.8 Å². The Balaban J connectivity index is 2.57. The smallest absolute Gasteiger partial charge is 0.307 e. The van der Waals surface area contributed by atoms with E-state index >= 15 is 0 Å². The molecule has 0 spiro atoms. The van der Waals surface area contributed by atoms with Crippen LogP contribution in [0.15, 0.2) is 11.6 Å². The van der Waals surface area contributed by atoms with E-state index in [0.717, 1.165) is 12.8 Å². The summed E-state index contributed by atoms with van der Waals surface area (Å²) in [4.78, 5) is 22.7. The molecule has 1 aliphatic carbocycles. The monoisotopic (exact) mass is 245 g/mol. The molecule has 0 aliphatic heterocycles. The van der Waals surface area contributed by atoms with Crippen molar-refractivity contribution in [2.75, 3.05) is 6.54 Å². The van der Waals surface area contributed by atoms with E-state index < -0.39 is 17.8 Å². The minimum atomic E-state index is -0.885. The molecule has 0 aromatic carbocycles. The van der Waals surface area contributed by atoms with Crippen LogP contribution in [-0.2, 0) is 9.59 Å². The molecule has 0 heterocycles. The zero-order valence-electron chi connectivity index (χ0n) is 9.04. The molecule has 2 N–H and O–H groups in total. The highest BCUT2D eigenvalue weighted by Gasteiger charge is 2.35. The van der Waals surface area contributed by atoms with Gasteiger partial charge < -0.3 is 10.4 Å². The molecule has 1 amide bonds. The van der Waals surface area contributed by atoms with Crippen molar-refractivity contribution in [3.8, 4) is 0 Å². The summed E-state index contributed by atoms with van der Waals surface area (Å²) in [5.74, 6) is -2.10. The van der Waals surface area contributed by atoms with Crippen molar-refractivity contribution in [3.05, 3.63) is 11.6 Å². The topological polar surface area (TPSA) is 66.4 Å². The zero-order valence-corrected chi connectivity index (χ0v) is 9.79. The van der Waals surface area contributed by atoms with Gasteiger partial charge in [-0.05, 0) is 12.8 Å². The van der Waals surface area contributed by atoms with Gasteiger partial charge in [-0.2, -0.15) is 0 Å². The second kappa shape index (κ2) is 5.89. The van der Waals surface area contributed by atoms with E-state index in [9.17, 15) is 9.59 Å². The van der Waals surface area contributed by atoms with E-state index in [2.05, 4.69) is 11.9 Å². The summed E-state index contributed by atoms with van der Waals surface area (Å²) in [6.07, 6.45) is 3.00. The molecule has 16 heavy (non-hydrogen) atoms. The predicted octanol–water partition coefficient (Wildman–Crippen LogP) is 1.75. The lowest BCUT2D eigenvalue weighted by Gasteiger charge is -2.27. The first-order valence-corrected chi connectivity index (χ1v) is 5.74. The first-order valence-electron chi connectivity index (χ1n) is 5.36. The van der Waals surface area contributed by atoms with Gasteiger partial charge in [-0.25, -0.2) is 0 Å². The van der Waals surface area contributed by atoms with Crippen molar-refractivity contribution in [1.82, 2.24) is 5.32 Å². The lowest BCUT2D eigenvalue weighted by atomic mass is 9.79. The molecule has 0 aromatic heterocycles. The van der Waals surface area contributed by atoms with Crippen LogP contribution in [0.5, 0.6) is 0 Å². The highest BCUT2D eigenvalue weighted by Crippen LogP contribution is 2.30. The van der Waals surface area contributed by atoms with Crippen LogP contribution >= 0.6 is 11.6 Å². The summed E-state index contributed by atoms with van der Waals surface area (Å²) < 4.78 is 0. The molecule has 1 rings (SSSR count). The average molecular weight is 246 g/mol. The number of hydrogen-bond donors (Lipinski definition) is 2. The molecular weight excluding hydrogens is 230 g/mol. The SMILES string of the molecule is C=C(Cl)CNC(=O)C1CCCCC1C(=O)O. The van der Waals surface area contributed by atoms with Crippen LogP contribution in [-0.4, -0.2) is 23.5 Å². The van der Waals surface area contributed by atoms with Crippen molar-refractivity contribution in [2.24, 2.45) is 11.8 Å². The Morgan fingerprint density at radius 3 is 2.38 bits per heavy atom. The van der Waals surface area contributed by atoms with Crippen molar-refractivity contribution < 1.29 is 14.7 Å². The van der Waals surface area contributed by atoms with Gasteiger partial charge in [0.15, 0.2) is 0 Å². The standard InChI is InChI=1S/C11H16ClNO3/c1-7(12)6-13-10(14)8-4-2-3-5-9(8)11(15)16/h8-9H,1-6H2,(H,13,14)(H,15,16). The fraction of sp³-hybridized carbons (Fsp3) is 0.636. The van der Waals surface area contributed by atoms with Crippen molar-refractivity contribution >= 4 is 23.5 Å². The number of nitrogens with one attached hydrogen (secondary N) is 1. The molecule has 2 atom stereocenters. The largest absolute Gasteiger partial charge is 0.481 e. The van der Waals surface area contributed by atoms with Gasteiger partial charge in [0, 0.05) is 5.03 Å². The maximum absolute atomic E-state index is 11.7. The highest BCUT2D eigenvalue weighted by molar-refractivity contribution is 6.29. The predicted molar refractivity (Wildman–Crippen MR) is 61.1 cm³/mol. The lowest BCUT2D eigenvalue weighted by molar-refractivity contribution is -0.148. The molecule has 1 aliphatic rings. The average Bonchev–Trinajstić information content (AvgIpc) is 2.25. The Morgan fingerprint density at radius 1 is 1.31 bits per heavy atom. The molecular formula is C11H16ClNO3. The second-order valence-corrected chi connectivity index (χ2v) is 4.61. The maximum Gasteiger partial charge on any atom is 0.307 e. The number of hydrogen-bond acceptors (Lipinski definition) is 2. The van der Waals surface area contributed by atoms with Crippen LogP contribution < -0.4 is 5.32 Å². The highest BCUT2D eigenvalue weighted by atomic mass is 35.5. The van der Waals surface area contributed by atoms with E-state index in [1.807, 2.05) is 0 Å². The number of aliphatic carboxylic acids is 1. The van der Waals surface area contributed by atoms with Gasteiger partial charge in [-0.1, -0.05) is 31.0 Å². The molecule has 1 fully saturated rings. The van der Waals surface area contributed by atoms with Crippen molar-refractivity contribution in [1.29, 1.82) is 0 Å². The first kappa shape index (κ1) is 13.0. The fourth-order valence-electron chi connectivity index (χ4n) is 2.05. The first-order chi connectivity index (χ1) is 7.52. The van der Waals surface area contributed by atoms with Gasteiger partial charge >= 0.3 is 5.97 Å². The molecule has 5 heteroatoms. The third-order valence-corrected chi connectivity index (χ3v) is 3.01. The zero-order chi connectivity index (χ0) is 12.1. The number of carboxylic acids is 1. The minimum absolute atomic E-state index is 0.198. The Labute approximate surface area is 99.7 Å². The number of carbonyl (C=O) groups excluding carboxylic acids is 1. The van der Waals surface area contributed by atoms with Crippen molar-refractivity contribution in [3.63, 3.8) is 0 Å². The van der Waals surface area contributed by atoms with Gasteiger partial charge in [0.2, 0.25) is 5.91 Å². The molecule has 90 valence electrons. The van der Waals surface area contributed by atoms with E-state index in [-0.39, 0.29) is 12.5 Å². The van der Waals surface area contributed by atoms with Crippen LogP contribution in [0.4, 0.5) is 0 Å². The molecule has 0 bridgehead atoms. The molecule has 2 unspecified atom stereocenters. The quantitative estimate of drug-likeness (QED) is 0.793. The summed E-state index contributed by atoms with van der Waals surface area (Å²) in [6.45, 7) is 3.66. The number of carbonyl (C=O) groups is 2. The lowest BCUT2D eigenvalue weighted by Crippen LogP contribution is -2.40. The number of amides is 1. The van der Waals surface area contributed by atoms with Crippen molar-refractivity contribution in [2.45, 2.75) is 25.7 Å². The maximum atomic E-state index is 11.7. The fourth-order valence-corrected chi connectivity index (χ4v) is 2.12. The third-order valence-electron chi connectivity index (χ3n) is 2.87. The number of carboxylic acid groups (broad SMARTS) is 1. The molecule has 0 aromatic rings. The Hall–Kier alpha value is -1.03. The Bertz CT molecular complexity index is 304.